The van der Waals surface area contributed by atoms with Crippen LogP contribution in [0, 0.1) is 0 Å². The van der Waals surface area contributed by atoms with Crippen LogP contribution in [0.1, 0.15) is 11.1 Å². The van der Waals surface area contributed by atoms with Crippen LogP contribution in [0.15, 0.2) is 47.5 Å². The molecule has 5 nitrogen and oxygen atoms in total. The molecule has 0 aliphatic carbocycles. The molecule has 22 heavy (non-hydrogen) atoms. The van der Waals surface area contributed by atoms with Crippen LogP contribution in [0.2, 0.25) is 0 Å². The number of benzene rings is 2. The van der Waals surface area contributed by atoms with Crippen molar-refractivity contribution in [2.24, 2.45) is 4.99 Å². The minimum Gasteiger partial charge on any atom is -0.494 e. The van der Waals surface area contributed by atoms with Crippen molar-refractivity contribution >= 4 is 11.5 Å². The van der Waals surface area contributed by atoms with E-state index < -0.39 is 0 Å². The third kappa shape index (κ3) is 2.83. The maximum atomic E-state index is 6.19. The third-order valence-electron chi connectivity index (χ3n) is 3.53. The van der Waals surface area contributed by atoms with Gasteiger partial charge in [0, 0.05) is 6.54 Å². The average molecular weight is 297 g/mol. The Morgan fingerprint density at radius 3 is 2.68 bits per heavy atom. The molecule has 1 heterocycles. The summed E-state index contributed by atoms with van der Waals surface area (Å²) in [6.07, 6.45) is 0. The number of nitrogens with one attached hydrogen (secondary N) is 1. The number of hydrogen-bond donors (Lipinski definition) is 2. The minimum atomic E-state index is 0.465. The average Bonchev–Trinajstić information content (AvgIpc) is 3.08. The number of amidine groups is 1. The van der Waals surface area contributed by atoms with Gasteiger partial charge in [0.2, 0.25) is 0 Å². The zero-order valence-electron chi connectivity index (χ0n) is 12.5. The van der Waals surface area contributed by atoms with Crippen LogP contribution >= 0.6 is 0 Å². The van der Waals surface area contributed by atoms with Crippen molar-refractivity contribution in [2.45, 2.75) is 6.61 Å². The second kappa shape index (κ2) is 6.39. The van der Waals surface area contributed by atoms with Crippen LogP contribution in [-0.2, 0) is 6.61 Å². The Labute approximate surface area is 129 Å². The predicted molar refractivity (Wildman–Crippen MR) is 87.6 cm³/mol. The summed E-state index contributed by atoms with van der Waals surface area (Å²) in [7, 11) is 1.60. The first kappa shape index (κ1) is 14.3. The number of methoxy groups -OCH3 is 1. The first-order valence-electron chi connectivity index (χ1n) is 7.21. The molecular weight excluding hydrogens is 278 g/mol. The fourth-order valence-electron chi connectivity index (χ4n) is 2.43. The molecule has 3 rings (SSSR count). The summed E-state index contributed by atoms with van der Waals surface area (Å²) in [6.45, 7) is 2.07. The summed E-state index contributed by atoms with van der Waals surface area (Å²) in [4.78, 5) is 4.41. The molecule has 0 spiro atoms. The Morgan fingerprint density at radius 1 is 1.18 bits per heavy atom. The highest BCUT2D eigenvalue weighted by atomic mass is 16.5. The van der Waals surface area contributed by atoms with Gasteiger partial charge in [0.1, 0.15) is 23.9 Å². The molecule has 2 aromatic rings. The molecule has 0 aromatic heterocycles. The fourth-order valence-corrected chi connectivity index (χ4v) is 2.43. The topological polar surface area (TPSA) is 68.9 Å². The first-order chi connectivity index (χ1) is 10.8. The lowest BCUT2D eigenvalue weighted by Gasteiger charge is -2.15. The molecule has 0 fully saturated rings. The van der Waals surface area contributed by atoms with Gasteiger partial charge in [-0.2, -0.15) is 0 Å². The van der Waals surface area contributed by atoms with Crippen molar-refractivity contribution in [3.8, 4) is 11.5 Å². The predicted octanol–water partition coefficient (Wildman–Crippen LogP) is 2.21. The smallest absolute Gasteiger partial charge is 0.156 e. The van der Waals surface area contributed by atoms with Crippen molar-refractivity contribution in [2.75, 3.05) is 25.9 Å². The van der Waals surface area contributed by atoms with Crippen molar-refractivity contribution in [1.29, 1.82) is 0 Å². The lowest BCUT2D eigenvalue weighted by atomic mass is 10.1. The van der Waals surface area contributed by atoms with E-state index in [1.807, 2.05) is 42.5 Å². The molecular formula is C17H19N3O2. The maximum Gasteiger partial charge on any atom is 0.156 e. The molecule has 0 amide bonds. The summed E-state index contributed by atoms with van der Waals surface area (Å²) in [5, 5.41) is 3.23. The van der Waals surface area contributed by atoms with Crippen LogP contribution in [0.25, 0.3) is 0 Å². The summed E-state index contributed by atoms with van der Waals surface area (Å²) in [6, 6.07) is 13.7. The number of hydrogen-bond acceptors (Lipinski definition) is 5. The molecule has 0 bridgehead atoms. The quantitative estimate of drug-likeness (QED) is 0.830. The van der Waals surface area contributed by atoms with Crippen LogP contribution < -0.4 is 20.5 Å². The molecule has 1 aliphatic heterocycles. The minimum absolute atomic E-state index is 0.465. The summed E-state index contributed by atoms with van der Waals surface area (Å²) in [5.41, 5.74) is 8.64. The number of aliphatic imine (C=N–C) groups is 1. The van der Waals surface area contributed by atoms with Gasteiger partial charge in [-0.1, -0.05) is 30.3 Å². The molecule has 3 N–H and O–H groups in total. The van der Waals surface area contributed by atoms with Crippen LogP contribution in [0.5, 0.6) is 11.5 Å². The lowest BCUT2D eigenvalue weighted by Crippen LogP contribution is -2.20. The Hall–Kier alpha value is -2.69. The highest BCUT2D eigenvalue weighted by Crippen LogP contribution is 2.35. The van der Waals surface area contributed by atoms with Gasteiger partial charge in [-0.05, 0) is 17.7 Å². The number of rotatable bonds is 5. The SMILES string of the molecule is COc1c(C2=NCCN2)ccc(OCc2ccccc2)c1N. The highest BCUT2D eigenvalue weighted by molar-refractivity contribution is 6.04. The summed E-state index contributed by atoms with van der Waals surface area (Å²) < 4.78 is 11.3. The zero-order valence-corrected chi connectivity index (χ0v) is 12.5. The number of ether oxygens (including phenoxy) is 2. The zero-order chi connectivity index (χ0) is 15.4. The molecule has 114 valence electrons. The summed E-state index contributed by atoms with van der Waals surface area (Å²) >= 11 is 0. The standard InChI is InChI=1S/C17H19N3O2/c1-21-16-13(17-19-9-10-20-17)7-8-14(15(16)18)22-11-12-5-3-2-4-6-12/h2-8H,9-11,18H2,1H3,(H,19,20). The van der Waals surface area contributed by atoms with Gasteiger partial charge < -0.3 is 20.5 Å². The number of nitrogen functional groups attached to an aromatic ring is 1. The van der Waals surface area contributed by atoms with E-state index in [2.05, 4.69) is 10.3 Å². The van der Waals surface area contributed by atoms with E-state index in [1.165, 1.54) is 0 Å². The van der Waals surface area contributed by atoms with E-state index in [4.69, 9.17) is 15.2 Å². The van der Waals surface area contributed by atoms with E-state index in [0.717, 1.165) is 30.1 Å². The number of nitrogens with zero attached hydrogens (tertiary/aromatic N) is 1. The monoisotopic (exact) mass is 297 g/mol. The van der Waals surface area contributed by atoms with Crippen molar-refractivity contribution in [3.63, 3.8) is 0 Å². The lowest BCUT2D eigenvalue weighted by molar-refractivity contribution is 0.306. The molecule has 0 saturated heterocycles. The van der Waals surface area contributed by atoms with E-state index in [0.29, 0.717) is 23.8 Å². The Bertz CT molecular complexity index is 684. The molecule has 0 atom stereocenters. The van der Waals surface area contributed by atoms with E-state index in [9.17, 15) is 0 Å². The van der Waals surface area contributed by atoms with E-state index in [-0.39, 0.29) is 0 Å². The molecule has 0 radical (unpaired) electrons. The molecule has 0 saturated carbocycles. The number of anilines is 1. The molecule has 0 unspecified atom stereocenters. The normalized spacial score (nSPS) is 13.4. The Kier molecular flexibility index (Phi) is 4.14. The van der Waals surface area contributed by atoms with Crippen LogP contribution in [-0.4, -0.2) is 26.0 Å². The molecule has 1 aliphatic rings. The molecule has 2 aromatic carbocycles. The van der Waals surface area contributed by atoms with Gasteiger partial charge in [-0.15, -0.1) is 0 Å². The van der Waals surface area contributed by atoms with Gasteiger partial charge in [0.25, 0.3) is 0 Å². The van der Waals surface area contributed by atoms with Crippen LogP contribution in [0.3, 0.4) is 0 Å². The Balaban J connectivity index is 1.83. The third-order valence-corrected chi connectivity index (χ3v) is 3.53. The van der Waals surface area contributed by atoms with Gasteiger partial charge >= 0.3 is 0 Å². The van der Waals surface area contributed by atoms with Gasteiger partial charge in [-0.25, -0.2) is 0 Å². The van der Waals surface area contributed by atoms with Crippen molar-refractivity contribution in [1.82, 2.24) is 5.32 Å². The van der Waals surface area contributed by atoms with Crippen molar-refractivity contribution < 1.29 is 9.47 Å². The largest absolute Gasteiger partial charge is 0.494 e. The van der Waals surface area contributed by atoms with E-state index in [1.54, 1.807) is 7.11 Å². The first-order valence-corrected chi connectivity index (χ1v) is 7.21. The van der Waals surface area contributed by atoms with Gasteiger partial charge in [-0.3, -0.25) is 4.99 Å². The van der Waals surface area contributed by atoms with Gasteiger partial charge in [0.15, 0.2) is 5.75 Å². The summed E-state index contributed by atoms with van der Waals surface area (Å²) in [5.74, 6) is 2.03. The highest BCUT2D eigenvalue weighted by Gasteiger charge is 2.18. The van der Waals surface area contributed by atoms with Crippen molar-refractivity contribution in [3.05, 3.63) is 53.6 Å². The second-order valence-corrected chi connectivity index (χ2v) is 4.99. The van der Waals surface area contributed by atoms with E-state index >= 15 is 0 Å². The van der Waals surface area contributed by atoms with Gasteiger partial charge in [0.05, 0.1) is 19.2 Å². The Morgan fingerprint density at radius 2 is 2.00 bits per heavy atom. The maximum absolute atomic E-state index is 6.19. The number of nitrogens with two attached hydrogens (primary N) is 1. The fraction of sp³-hybridized carbons (Fsp3) is 0.235. The second-order valence-electron chi connectivity index (χ2n) is 4.99. The molecule has 5 heteroatoms. The van der Waals surface area contributed by atoms with Crippen LogP contribution in [0.4, 0.5) is 5.69 Å².